The molecule has 0 amide bonds. The van der Waals surface area contributed by atoms with Gasteiger partial charge in [-0.3, -0.25) is 0 Å². The fourth-order valence-electron chi connectivity index (χ4n) is 1.77. The van der Waals surface area contributed by atoms with Gasteiger partial charge in [0.25, 0.3) is 5.95 Å². The molecule has 1 aromatic rings. The number of nitrogens with one attached hydrogen (secondary N) is 1. The molecule has 0 bridgehead atoms. The third-order valence-electron chi connectivity index (χ3n) is 3.76. The van der Waals surface area contributed by atoms with Gasteiger partial charge in [-0.2, -0.15) is 0 Å². The highest BCUT2D eigenvalue weighted by molar-refractivity contribution is 6.50. The van der Waals surface area contributed by atoms with Gasteiger partial charge in [-0.05, 0) is 34.6 Å². The highest BCUT2D eigenvalue weighted by atomic mass is 19.5. The Morgan fingerprint density at radius 3 is 1.88 bits per heavy atom. The third kappa shape index (κ3) is 6.25. The van der Waals surface area contributed by atoms with Crippen LogP contribution in [0.15, 0.2) is 36.3 Å². The molecule has 1 saturated heterocycles. The van der Waals surface area contributed by atoms with Gasteiger partial charge in [0.1, 0.15) is 11.2 Å². The van der Waals surface area contributed by atoms with Gasteiger partial charge < -0.3 is 26.7 Å². The molecular formula is C16H22BF4NO2. The molecule has 0 unspecified atom stereocenters. The van der Waals surface area contributed by atoms with Gasteiger partial charge in [0.05, 0.1) is 6.08 Å². The molecule has 1 aliphatic rings. The third-order valence-corrected chi connectivity index (χ3v) is 3.76. The Morgan fingerprint density at radius 2 is 1.42 bits per heavy atom. The Balaban J connectivity index is 0.000000505. The second-order valence-electron chi connectivity index (χ2n) is 6.33. The van der Waals surface area contributed by atoms with Crippen molar-refractivity contribution in [2.45, 2.75) is 45.8 Å². The Morgan fingerprint density at radius 1 is 0.958 bits per heavy atom. The maximum absolute atomic E-state index is 9.75. The van der Waals surface area contributed by atoms with E-state index in [4.69, 9.17) is 9.47 Å². The molecule has 134 valence electrons. The minimum atomic E-state index is -6.00. The van der Waals surface area contributed by atoms with E-state index in [0.717, 1.165) is 5.69 Å². The summed E-state index contributed by atoms with van der Waals surface area (Å²) in [6.07, 6.45) is 3.66. The summed E-state index contributed by atoms with van der Waals surface area (Å²) in [6.45, 7) is 10.2. The van der Waals surface area contributed by atoms with E-state index < -0.39 is 7.25 Å². The first kappa shape index (κ1) is 20.1. The summed E-state index contributed by atoms with van der Waals surface area (Å²) in [7, 11) is -6.00. The first-order valence-corrected chi connectivity index (χ1v) is 7.43. The normalized spacial score (nSPS) is 18.5. The van der Waals surface area contributed by atoms with Crippen molar-refractivity contribution in [3.05, 3.63) is 41.9 Å². The second kappa shape index (κ2) is 7.28. The molecule has 0 aliphatic carbocycles. The molecule has 0 saturated carbocycles. The van der Waals surface area contributed by atoms with Gasteiger partial charge in [-0.1, -0.05) is 18.2 Å². The van der Waals surface area contributed by atoms with E-state index in [0.29, 0.717) is 5.95 Å². The van der Waals surface area contributed by atoms with Crippen molar-refractivity contribution in [2.24, 2.45) is 0 Å². The summed E-state index contributed by atoms with van der Waals surface area (Å²) in [4.78, 5) is 3.23. The lowest BCUT2D eigenvalue weighted by atomic mass is 9.90. The number of para-hydroxylation sites is 1. The van der Waals surface area contributed by atoms with Gasteiger partial charge in [-0.25, -0.2) is 4.99 Å². The van der Waals surface area contributed by atoms with Crippen LogP contribution in [0.3, 0.4) is 0 Å². The van der Waals surface area contributed by atoms with Crippen LogP contribution >= 0.6 is 0 Å². The number of benzene rings is 1. The van der Waals surface area contributed by atoms with Crippen molar-refractivity contribution in [3.8, 4) is 0 Å². The zero-order valence-electron chi connectivity index (χ0n) is 14.4. The van der Waals surface area contributed by atoms with Gasteiger partial charge in [-0.15, -0.1) is 0 Å². The van der Waals surface area contributed by atoms with E-state index in [1.54, 1.807) is 0 Å². The standard InChI is InChI=1S/C16H21NO2.BF4/c1-12-8-6-7-9-13(12)17-11-10-14-18-15(2,3)16(4,5)19-14;2-1(3,4)5/h6-11H,1-5H3;/q;-1/p+1. The molecule has 0 aromatic heterocycles. The van der Waals surface area contributed by atoms with E-state index in [2.05, 4.69) is 18.0 Å². The fourth-order valence-corrected chi connectivity index (χ4v) is 1.77. The summed E-state index contributed by atoms with van der Waals surface area (Å²) in [5, 5.41) is 0. The van der Waals surface area contributed by atoms with Crippen LogP contribution in [0.4, 0.5) is 23.0 Å². The average molecular weight is 347 g/mol. The quantitative estimate of drug-likeness (QED) is 0.504. The van der Waals surface area contributed by atoms with E-state index in [1.807, 2.05) is 58.2 Å². The largest absolute Gasteiger partial charge is 0.673 e. The topological polar surface area (TPSA) is 32.4 Å². The predicted octanol–water partition coefficient (Wildman–Crippen LogP) is 3.52. The monoisotopic (exact) mass is 347 g/mol. The van der Waals surface area contributed by atoms with Crippen molar-refractivity contribution >= 4 is 19.2 Å². The molecule has 1 N–H and O–H groups in total. The van der Waals surface area contributed by atoms with Crippen molar-refractivity contribution in [1.82, 2.24) is 0 Å². The Labute approximate surface area is 139 Å². The van der Waals surface area contributed by atoms with E-state index in [1.165, 1.54) is 5.56 Å². The molecule has 0 radical (unpaired) electrons. The molecule has 1 aromatic carbocycles. The molecule has 0 atom stereocenters. The Bertz CT molecular complexity index is 601. The lowest BCUT2D eigenvalue weighted by Crippen LogP contribution is -2.61. The minimum absolute atomic E-state index is 0.324. The van der Waals surface area contributed by atoms with Crippen LogP contribution in [0.2, 0.25) is 0 Å². The van der Waals surface area contributed by atoms with Crippen LogP contribution in [0.25, 0.3) is 0 Å². The van der Waals surface area contributed by atoms with Crippen LogP contribution in [0.5, 0.6) is 0 Å². The van der Waals surface area contributed by atoms with Crippen LogP contribution in [0.1, 0.15) is 33.3 Å². The number of rotatable bonds is 2. The molecular weight excluding hydrogens is 325 g/mol. The van der Waals surface area contributed by atoms with Crippen LogP contribution in [0, 0.1) is 6.92 Å². The molecule has 24 heavy (non-hydrogen) atoms. The van der Waals surface area contributed by atoms with Crippen molar-refractivity contribution in [1.29, 1.82) is 0 Å². The number of aryl methyl sites for hydroxylation is 1. The highest BCUT2D eigenvalue weighted by Gasteiger charge is 2.48. The number of halogens is 4. The van der Waals surface area contributed by atoms with Crippen LogP contribution in [-0.2, 0) is 9.47 Å². The van der Waals surface area contributed by atoms with Crippen molar-refractivity contribution in [3.63, 3.8) is 0 Å². The Kier molecular flexibility index (Phi) is 6.08. The Hall–Kier alpha value is -1.99. The summed E-state index contributed by atoms with van der Waals surface area (Å²) >= 11 is 0. The van der Waals surface area contributed by atoms with Crippen molar-refractivity contribution < 1.29 is 31.7 Å². The number of hydrogen-bond donors (Lipinski definition) is 1. The minimum Gasteiger partial charge on any atom is -0.455 e. The van der Waals surface area contributed by atoms with E-state index >= 15 is 0 Å². The molecule has 8 heteroatoms. The van der Waals surface area contributed by atoms with E-state index in [-0.39, 0.29) is 11.2 Å². The van der Waals surface area contributed by atoms with Crippen LogP contribution in [-0.4, -0.2) is 24.7 Å². The SMILES string of the molecule is Cc1ccccc1[NH+]=CC=C1OC(C)(C)C(C)(C)O1.F[B-](F)(F)F. The highest BCUT2D eigenvalue weighted by Crippen LogP contribution is 2.39. The maximum atomic E-state index is 9.75. The molecule has 1 heterocycles. The summed E-state index contributed by atoms with van der Waals surface area (Å²) in [5.74, 6) is 0.552. The van der Waals surface area contributed by atoms with E-state index in [9.17, 15) is 17.3 Å². The van der Waals surface area contributed by atoms with Crippen molar-refractivity contribution in [2.75, 3.05) is 0 Å². The average Bonchev–Trinajstić information content (AvgIpc) is 2.58. The van der Waals surface area contributed by atoms with Gasteiger partial charge in [0.15, 0.2) is 6.21 Å². The second-order valence-corrected chi connectivity index (χ2v) is 6.33. The summed E-state index contributed by atoms with van der Waals surface area (Å²) in [6, 6.07) is 8.13. The molecule has 3 nitrogen and oxygen atoms in total. The molecule has 1 fully saturated rings. The first-order chi connectivity index (χ1) is 10.8. The van der Waals surface area contributed by atoms with Crippen LogP contribution < -0.4 is 4.99 Å². The first-order valence-electron chi connectivity index (χ1n) is 7.43. The molecule has 2 rings (SSSR count). The smallest absolute Gasteiger partial charge is 0.455 e. The molecule has 0 spiro atoms. The van der Waals surface area contributed by atoms with Gasteiger partial charge >= 0.3 is 7.25 Å². The predicted molar refractivity (Wildman–Crippen MR) is 86.5 cm³/mol. The maximum Gasteiger partial charge on any atom is 0.673 e. The fraction of sp³-hybridized carbons (Fsp3) is 0.438. The summed E-state index contributed by atoms with van der Waals surface area (Å²) < 4.78 is 50.6. The zero-order valence-corrected chi connectivity index (χ0v) is 14.4. The number of hydrogen-bond acceptors (Lipinski definition) is 2. The zero-order chi connectivity index (χ0) is 18.6. The lowest BCUT2D eigenvalue weighted by molar-refractivity contribution is -0.347. The summed E-state index contributed by atoms with van der Waals surface area (Å²) in [5.41, 5.74) is 1.63. The molecule has 1 aliphatic heterocycles. The number of allylic oxidation sites excluding steroid dienone is 1. The number of ether oxygens (including phenoxy) is 2. The van der Waals surface area contributed by atoms with Gasteiger partial charge in [0.2, 0.25) is 5.69 Å². The van der Waals surface area contributed by atoms with Gasteiger partial charge in [0, 0.05) is 11.6 Å². The lowest BCUT2D eigenvalue weighted by Gasteiger charge is -2.28.